The summed E-state index contributed by atoms with van der Waals surface area (Å²) in [6, 6.07) is 14.1. The highest BCUT2D eigenvalue weighted by Gasteiger charge is 2.34. The van der Waals surface area contributed by atoms with Crippen LogP contribution in [0.15, 0.2) is 42.5 Å². The fourth-order valence-electron chi connectivity index (χ4n) is 3.81. The van der Waals surface area contributed by atoms with Crippen LogP contribution in [-0.2, 0) is 9.59 Å². The Bertz CT molecular complexity index is 912. The van der Waals surface area contributed by atoms with Gasteiger partial charge in [0, 0.05) is 17.3 Å². The van der Waals surface area contributed by atoms with Crippen LogP contribution in [0.2, 0.25) is 0 Å². The summed E-state index contributed by atoms with van der Waals surface area (Å²) in [6.07, 6.45) is 3.93. The van der Waals surface area contributed by atoms with Gasteiger partial charge in [0.2, 0.25) is 11.8 Å². The first-order valence-electron chi connectivity index (χ1n) is 10.9. The molecule has 0 saturated carbocycles. The molecule has 0 aromatic heterocycles. The van der Waals surface area contributed by atoms with Gasteiger partial charge in [-0.15, -0.1) is 11.8 Å². The number of nitrogens with one attached hydrogen (secondary N) is 1. The first-order valence-corrected chi connectivity index (χ1v) is 11.9. The van der Waals surface area contributed by atoms with Crippen LogP contribution in [0.25, 0.3) is 0 Å². The number of thioether (sulfide) groups is 1. The standard InChI is InChI=1S/C25H32N2O2S/c1-5-7-9-19(6-2)24(29)26-21-11-8-10-20(15-21)25-27(23(28)16-30-25)22-13-12-17(3)18(4)14-22/h8,10-15,19,25H,5-7,9,16H2,1-4H3,(H,26,29). The molecule has 2 amide bonds. The molecular formula is C25H32N2O2S. The van der Waals surface area contributed by atoms with Crippen molar-refractivity contribution in [3.63, 3.8) is 0 Å². The van der Waals surface area contributed by atoms with Crippen molar-refractivity contribution in [1.82, 2.24) is 0 Å². The normalized spacial score (nSPS) is 17.3. The zero-order valence-electron chi connectivity index (χ0n) is 18.4. The molecule has 0 bridgehead atoms. The summed E-state index contributed by atoms with van der Waals surface area (Å²) in [5, 5.41) is 3.01. The molecule has 1 N–H and O–H groups in total. The third kappa shape index (κ3) is 5.07. The minimum atomic E-state index is -0.0847. The Hall–Kier alpha value is -2.27. The highest BCUT2D eigenvalue weighted by Crippen LogP contribution is 2.42. The number of aryl methyl sites for hydroxylation is 2. The summed E-state index contributed by atoms with van der Waals surface area (Å²) in [6.45, 7) is 8.36. The summed E-state index contributed by atoms with van der Waals surface area (Å²) in [4.78, 5) is 27.3. The molecule has 1 fully saturated rings. The predicted molar refractivity (Wildman–Crippen MR) is 127 cm³/mol. The Morgan fingerprint density at radius 2 is 1.97 bits per heavy atom. The number of anilines is 2. The van der Waals surface area contributed by atoms with Crippen LogP contribution < -0.4 is 10.2 Å². The van der Waals surface area contributed by atoms with Crippen LogP contribution >= 0.6 is 11.8 Å². The molecule has 2 aromatic rings. The number of unbranched alkanes of at least 4 members (excludes halogenated alkanes) is 1. The number of benzene rings is 2. The van der Waals surface area contributed by atoms with Gasteiger partial charge in [-0.05, 0) is 67.6 Å². The van der Waals surface area contributed by atoms with Gasteiger partial charge in [0.15, 0.2) is 0 Å². The lowest BCUT2D eigenvalue weighted by atomic mass is 9.98. The topological polar surface area (TPSA) is 49.4 Å². The van der Waals surface area contributed by atoms with Crippen molar-refractivity contribution in [3.05, 3.63) is 59.2 Å². The van der Waals surface area contributed by atoms with Crippen molar-refractivity contribution >= 4 is 35.0 Å². The molecule has 0 aliphatic carbocycles. The van der Waals surface area contributed by atoms with Gasteiger partial charge in [-0.25, -0.2) is 0 Å². The molecule has 160 valence electrons. The fourth-order valence-corrected chi connectivity index (χ4v) is 4.98. The molecule has 30 heavy (non-hydrogen) atoms. The van der Waals surface area contributed by atoms with Crippen molar-refractivity contribution in [3.8, 4) is 0 Å². The second-order valence-electron chi connectivity index (χ2n) is 8.06. The number of carbonyl (C=O) groups excluding carboxylic acids is 2. The van der Waals surface area contributed by atoms with Crippen LogP contribution in [0.4, 0.5) is 11.4 Å². The third-order valence-corrected chi connectivity index (χ3v) is 7.06. The molecule has 3 rings (SSSR count). The van der Waals surface area contributed by atoms with Crippen LogP contribution in [-0.4, -0.2) is 17.6 Å². The van der Waals surface area contributed by atoms with Gasteiger partial charge in [0.1, 0.15) is 5.37 Å². The quantitative estimate of drug-likeness (QED) is 0.546. The highest BCUT2D eigenvalue weighted by atomic mass is 32.2. The lowest BCUT2D eigenvalue weighted by Gasteiger charge is -2.25. The molecule has 2 unspecified atom stereocenters. The number of nitrogens with zero attached hydrogens (tertiary/aromatic N) is 1. The first-order chi connectivity index (χ1) is 14.4. The van der Waals surface area contributed by atoms with Gasteiger partial charge in [0.25, 0.3) is 0 Å². The Kier molecular flexibility index (Phi) is 7.59. The summed E-state index contributed by atoms with van der Waals surface area (Å²) < 4.78 is 0. The molecule has 1 saturated heterocycles. The Morgan fingerprint density at radius 1 is 1.17 bits per heavy atom. The molecular weight excluding hydrogens is 392 g/mol. The van der Waals surface area contributed by atoms with Gasteiger partial charge in [-0.2, -0.15) is 0 Å². The van der Waals surface area contributed by atoms with Crippen LogP contribution in [0.1, 0.15) is 61.6 Å². The van der Waals surface area contributed by atoms with E-state index in [1.807, 2.05) is 35.2 Å². The third-order valence-electron chi connectivity index (χ3n) is 5.85. The number of carbonyl (C=O) groups is 2. The van der Waals surface area contributed by atoms with Crippen LogP contribution in [0.5, 0.6) is 0 Å². The zero-order chi connectivity index (χ0) is 21.7. The van der Waals surface area contributed by atoms with Gasteiger partial charge < -0.3 is 5.32 Å². The minimum absolute atomic E-state index is 0.0445. The summed E-state index contributed by atoms with van der Waals surface area (Å²) in [7, 11) is 0. The first kappa shape index (κ1) is 22.4. The molecule has 1 aliphatic rings. The Morgan fingerprint density at radius 3 is 2.67 bits per heavy atom. The molecule has 5 heteroatoms. The number of amides is 2. The number of rotatable bonds is 8. The maximum absolute atomic E-state index is 12.7. The second kappa shape index (κ2) is 10.2. The van der Waals surface area contributed by atoms with E-state index in [0.717, 1.165) is 42.6 Å². The monoisotopic (exact) mass is 424 g/mol. The van der Waals surface area contributed by atoms with Crippen molar-refractivity contribution in [2.45, 2.75) is 58.8 Å². The van der Waals surface area contributed by atoms with Crippen molar-refractivity contribution in [1.29, 1.82) is 0 Å². The average Bonchev–Trinajstić information content (AvgIpc) is 3.12. The lowest BCUT2D eigenvalue weighted by molar-refractivity contribution is -0.120. The second-order valence-corrected chi connectivity index (χ2v) is 9.13. The van der Waals surface area contributed by atoms with Crippen molar-refractivity contribution in [2.75, 3.05) is 16.0 Å². The van der Waals surface area contributed by atoms with Gasteiger partial charge in [-0.1, -0.05) is 44.9 Å². The van der Waals surface area contributed by atoms with Gasteiger partial charge >= 0.3 is 0 Å². The van der Waals surface area contributed by atoms with Crippen molar-refractivity contribution < 1.29 is 9.59 Å². The molecule has 2 atom stereocenters. The van der Waals surface area contributed by atoms with Gasteiger partial charge in [0.05, 0.1) is 5.75 Å². The largest absolute Gasteiger partial charge is 0.326 e. The van der Waals surface area contributed by atoms with E-state index in [9.17, 15) is 9.59 Å². The Labute approximate surface area is 184 Å². The average molecular weight is 425 g/mol. The van der Waals surface area contributed by atoms with Crippen molar-refractivity contribution in [2.24, 2.45) is 5.92 Å². The zero-order valence-corrected chi connectivity index (χ0v) is 19.2. The molecule has 0 spiro atoms. The van der Waals surface area contributed by atoms with E-state index < -0.39 is 0 Å². The van der Waals surface area contributed by atoms with Gasteiger partial charge in [-0.3, -0.25) is 14.5 Å². The molecule has 1 aliphatic heterocycles. The summed E-state index contributed by atoms with van der Waals surface area (Å²) >= 11 is 1.63. The number of hydrogen-bond donors (Lipinski definition) is 1. The van der Waals surface area contributed by atoms with Crippen LogP contribution in [0.3, 0.4) is 0 Å². The van der Waals surface area contributed by atoms with E-state index in [0.29, 0.717) is 5.75 Å². The SMILES string of the molecule is CCCCC(CC)C(=O)Nc1cccc(C2SCC(=O)N2c2ccc(C)c(C)c2)c1. The van der Waals surface area contributed by atoms with E-state index in [-0.39, 0.29) is 23.1 Å². The fraction of sp³-hybridized carbons (Fsp3) is 0.440. The highest BCUT2D eigenvalue weighted by molar-refractivity contribution is 8.00. The summed E-state index contributed by atoms with van der Waals surface area (Å²) in [5.41, 5.74) is 5.15. The summed E-state index contributed by atoms with van der Waals surface area (Å²) in [5.74, 6) is 0.712. The van der Waals surface area contributed by atoms with E-state index in [1.54, 1.807) is 11.8 Å². The number of hydrogen-bond acceptors (Lipinski definition) is 3. The predicted octanol–water partition coefficient (Wildman–Crippen LogP) is 6.24. The van der Waals surface area contributed by atoms with E-state index >= 15 is 0 Å². The lowest BCUT2D eigenvalue weighted by Crippen LogP contribution is -2.28. The molecule has 0 radical (unpaired) electrons. The van der Waals surface area contributed by atoms with E-state index in [1.165, 1.54) is 11.1 Å². The molecule has 1 heterocycles. The van der Waals surface area contributed by atoms with Crippen LogP contribution in [0, 0.1) is 19.8 Å². The maximum atomic E-state index is 12.7. The van der Waals surface area contributed by atoms with E-state index in [4.69, 9.17) is 0 Å². The smallest absolute Gasteiger partial charge is 0.238 e. The minimum Gasteiger partial charge on any atom is -0.326 e. The van der Waals surface area contributed by atoms with E-state index in [2.05, 4.69) is 45.1 Å². The maximum Gasteiger partial charge on any atom is 0.238 e. The molecule has 2 aromatic carbocycles. The molecule has 4 nitrogen and oxygen atoms in total. The Balaban J connectivity index is 1.81.